The molecule has 0 radical (unpaired) electrons. The minimum atomic E-state index is 0.0520. The average Bonchev–Trinajstić information content (AvgIpc) is 2.43. The number of thioether (sulfide) groups is 1. The van der Waals surface area contributed by atoms with E-state index in [1.165, 1.54) is 11.8 Å². The number of benzene rings is 2. The van der Waals surface area contributed by atoms with Crippen LogP contribution in [0.4, 0.5) is 0 Å². The lowest BCUT2D eigenvalue weighted by atomic mass is 10.0. The molecule has 0 fully saturated rings. The van der Waals surface area contributed by atoms with Crippen molar-refractivity contribution in [3.05, 3.63) is 58.1 Å². The Morgan fingerprint density at radius 1 is 1.15 bits per heavy atom. The van der Waals surface area contributed by atoms with E-state index in [1.54, 1.807) is 26.0 Å². The Bertz CT molecular complexity index is 612. The molecule has 0 saturated carbocycles. The fourth-order valence-electron chi connectivity index (χ4n) is 1.88. The molecule has 0 aliphatic heterocycles. The van der Waals surface area contributed by atoms with Gasteiger partial charge in [0.1, 0.15) is 5.75 Å². The Morgan fingerprint density at radius 2 is 1.70 bits per heavy atom. The number of hydrogen-bond acceptors (Lipinski definition) is 3. The zero-order chi connectivity index (χ0) is 14.7. The molecule has 0 saturated heterocycles. The Hall–Kier alpha value is -1.45. The van der Waals surface area contributed by atoms with Crippen LogP contribution in [-0.4, -0.2) is 16.6 Å². The van der Waals surface area contributed by atoms with Crippen LogP contribution in [-0.2, 0) is 0 Å². The Balaban J connectivity index is 2.07. The van der Waals surface area contributed by atoms with E-state index in [4.69, 9.17) is 11.6 Å². The molecule has 1 N–H and O–H groups in total. The number of phenols is 1. The van der Waals surface area contributed by atoms with E-state index in [-0.39, 0.29) is 11.5 Å². The highest BCUT2D eigenvalue weighted by atomic mass is 35.5. The number of phenolic OH excluding ortho intramolecular Hbond substituents is 1. The van der Waals surface area contributed by atoms with Crippen LogP contribution in [0, 0.1) is 13.8 Å². The molecule has 0 bridgehead atoms. The number of Topliss-reactive ketones (excluding diaryl/α,β-unsaturated/α-hetero) is 1. The Morgan fingerprint density at radius 3 is 2.25 bits per heavy atom. The number of ketones is 1. The van der Waals surface area contributed by atoms with Gasteiger partial charge in [0, 0.05) is 15.5 Å². The van der Waals surface area contributed by atoms with Crippen molar-refractivity contribution in [2.75, 3.05) is 5.75 Å². The van der Waals surface area contributed by atoms with Crippen molar-refractivity contribution in [3.8, 4) is 5.75 Å². The van der Waals surface area contributed by atoms with Gasteiger partial charge in [0.25, 0.3) is 0 Å². The summed E-state index contributed by atoms with van der Waals surface area (Å²) >= 11 is 7.30. The molecule has 104 valence electrons. The first-order valence-electron chi connectivity index (χ1n) is 6.19. The number of halogens is 1. The van der Waals surface area contributed by atoms with Crippen molar-refractivity contribution >= 4 is 29.1 Å². The Labute approximate surface area is 127 Å². The van der Waals surface area contributed by atoms with Crippen molar-refractivity contribution in [1.82, 2.24) is 0 Å². The molecule has 2 rings (SSSR count). The lowest BCUT2D eigenvalue weighted by Gasteiger charge is -2.07. The molecule has 0 atom stereocenters. The second-order valence-corrected chi connectivity index (χ2v) is 6.11. The summed E-state index contributed by atoms with van der Waals surface area (Å²) in [6.45, 7) is 3.59. The largest absolute Gasteiger partial charge is 0.507 e. The summed E-state index contributed by atoms with van der Waals surface area (Å²) in [5.74, 6) is 0.675. The quantitative estimate of drug-likeness (QED) is 0.660. The molecule has 0 spiro atoms. The first-order valence-corrected chi connectivity index (χ1v) is 7.55. The van der Waals surface area contributed by atoms with E-state index in [2.05, 4.69) is 0 Å². The first kappa shape index (κ1) is 14.9. The number of carbonyl (C=O) groups is 1. The SMILES string of the molecule is Cc1cc(C(=O)CSc2ccc(Cl)cc2)cc(C)c1O. The predicted octanol–water partition coefficient (Wildman–Crippen LogP) is 4.64. The summed E-state index contributed by atoms with van der Waals surface area (Å²) in [6.07, 6.45) is 0. The van der Waals surface area contributed by atoms with Gasteiger partial charge in [-0.25, -0.2) is 0 Å². The number of aromatic hydroxyl groups is 1. The third kappa shape index (κ3) is 3.56. The summed E-state index contributed by atoms with van der Waals surface area (Å²) in [6, 6.07) is 10.9. The summed E-state index contributed by atoms with van der Waals surface area (Å²) < 4.78 is 0. The first-order chi connectivity index (χ1) is 9.47. The monoisotopic (exact) mass is 306 g/mol. The zero-order valence-corrected chi connectivity index (χ0v) is 12.9. The molecule has 0 unspecified atom stereocenters. The van der Waals surface area contributed by atoms with Gasteiger partial charge in [-0.2, -0.15) is 0 Å². The van der Waals surface area contributed by atoms with E-state index < -0.39 is 0 Å². The van der Waals surface area contributed by atoms with Crippen molar-refractivity contribution in [2.24, 2.45) is 0 Å². The Kier molecular flexibility index (Phi) is 4.73. The van der Waals surface area contributed by atoms with Crippen LogP contribution in [0.25, 0.3) is 0 Å². The number of carbonyl (C=O) groups excluding carboxylic acids is 1. The van der Waals surface area contributed by atoms with Crippen LogP contribution in [0.5, 0.6) is 5.75 Å². The molecule has 2 aromatic carbocycles. The third-order valence-electron chi connectivity index (χ3n) is 3.00. The van der Waals surface area contributed by atoms with E-state index in [0.29, 0.717) is 16.3 Å². The maximum absolute atomic E-state index is 12.2. The minimum Gasteiger partial charge on any atom is -0.507 e. The second-order valence-electron chi connectivity index (χ2n) is 4.62. The molecule has 2 aromatic rings. The normalized spacial score (nSPS) is 10.6. The molecule has 0 aliphatic rings. The van der Waals surface area contributed by atoms with Gasteiger partial charge in [0.15, 0.2) is 5.78 Å². The van der Waals surface area contributed by atoms with Gasteiger partial charge < -0.3 is 5.11 Å². The van der Waals surface area contributed by atoms with E-state index in [9.17, 15) is 9.90 Å². The van der Waals surface area contributed by atoms with Gasteiger partial charge >= 0.3 is 0 Å². The zero-order valence-electron chi connectivity index (χ0n) is 11.3. The van der Waals surface area contributed by atoms with Gasteiger partial charge in [-0.05, 0) is 61.4 Å². The fraction of sp³-hybridized carbons (Fsp3) is 0.188. The molecular weight excluding hydrogens is 292 g/mol. The maximum Gasteiger partial charge on any atom is 0.173 e. The molecular formula is C16H15ClO2S. The van der Waals surface area contributed by atoms with Gasteiger partial charge in [-0.3, -0.25) is 4.79 Å². The molecule has 4 heteroatoms. The molecule has 0 amide bonds. The van der Waals surface area contributed by atoms with Crippen molar-refractivity contribution in [1.29, 1.82) is 0 Å². The second kappa shape index (κ2) is 6.33. The summed E-state index contributed by atoms with van der Waals surface area (Å²) in [5.41, 5.74) is 2.09. The van der Waals surface area contributed by atoms with E-state index in [0.717, 1.165) is 16.0 Å². The van der Waals surface area contributed by atoms with Crippen LogP contribution < -0.4 is 0 Å². The van der Waals surface area contributed by atoms with Crippen LogP contribution in [0.1, 0.15) is 21.5 Å². The van der Waals surface area contributed by atoms with Crippen LogP contribution in [0.2, 0.25) is 5.02 Å². The predicted molar refractivity (Wildman–Crippen MR) is 84.1 cm³/mol. The maximum atomic E-state index is 12.2. The van der Waals surface area contributed by atoms with Crippen LogP contribution >= 0.6 is 23.4 Å². The van der Waals surface area contributed by atoms with Crippen molar-refractivity contribution in [2.45, 2.75) is 18.7 Å². The topological polar surface area (TPSA) is 37.3 Å². The van der Waals surface area contributed by atoms with E-state index in [1.807, 2.05) is 24.3 Å². The number of aryl methyl sites for hydroxylation is 2. The van der Waals surface area contributed by atoms with Gasteiger partial charge in [-0.1, -0.05) is 11.6 Å². The molecule has 20 heavy (non-hydrogen) atoms. The van der Waals surface area contributed by atoms with Crippen LogP contribution in [0.15, 0.2) is 41.3 Å². The summed E-state index contributed by atoms with van der Waals surface area (Å²) in [7, 11) is 0. The summed E-state index contributed by atoms with van der Waals surface area (Å²) in [5, 5.41) is 10.4. The highest BCUT2D eigenvalue weighted by molar-refractivity contribution is 8.00. The van der Waals surface area contributed by atoms with Gasteiger partial charge in [-0.15, -0.1) is 11.8 Å². The third-order valence-corrected chi connectivity index (χ3v) is 4.26. The molecule has 0 aromatic heterocycles. The highest BCUT2D eigenvalue weighted by Gasteiger charge is 2.10. The summed E-state index contributed by atoms with van der Waals surface area (Å²) in [4.78, 5) is 13.2. The van der Waals surface area contributed by atoms with E-state index >= 15 is 0 Å². The lowest BCUT2D eigenvalue weighted by Crippen LogP contribution is -2.03. The minimum absolute atomic E-state index is 0.0520. The van der Waals surface area contributed by atoms with Crippen molar-refractivity contribution in [3.63, 3.8) is 0 Å². The number of rotatable bonds is 4. The molecule has 0 aliphatic carbocycles. The molecule has 0 heterocycles. The van der Waals surface area contributed by atoms with Crippen LogP contribution in [0.3, 0.4) is 0 Å². The fourth-order valence-corrected chi connectivity index (χ4v) is 2.80. The number of hydrogen-bond donors (Lipinski definition) is 1. The standard InChI is InChI=1S/C16H15ClO2S/c1-10-7-12(8-11(2)16(10)19)15(18)9-20-14-5-3-13(17)4-6-14/h3-8,19H,9H2,1-2H3. The molecule has 2 nitrogen and oxygen atoms in total. The van der Waals surface area contributed by atoms with Crippen molar-refractivity contribution < 1.29 is 9.90 Å². The lowest BCUT2D eigenvalue weighted by molar-refractivity contribution is 0.102. The van der Waals surface area contributed by atoms with Gasteiger partial charge in [0.2, 0.25) is 0 Å². The highest BCUT2D eigenvalue weighted by Crippen LogP contribution is 2.25. The smallest absolute Gasteiger partial charge is 0.173 e. The average molecular weight is 307 g/mol. The van der Waals surface area contributed by atoms with Gasteiger partial charge in [0.05, 0.1) is 5.75 Å².